The number of ether oxygens (including phenoxy) is 5. The molecular weight excluding hydrogens is 358 g/mol. The summed E-state index contributed by atoms with van der Waals surface area (Å²) in [6.45, 7) is 6.15. The molecule has 0 radical (unpaired) electrons. The van der Waals surface area contributed by atoms with Gasteiger partial charge in [-0.1, -0.05) is 0 Å². The highest BCUT2D eigenvalue weighted by Crippen LogP contribution is 2.41. The summed E-state index contributed by atoms with van der Waals surface area (Å²) in [4.78, 5) is 0. The summed E-state index contributed by atoms with van der Waals surface area (Å²) in [5, 5.41) is 2.32. The summed E-state index contributed by atoms with van der Waals surface area (Å²) in [5.41, 5.74) is 3.53. The molecule has 1 aliphatic heterocycles. The molecule has 2 aromatic carbocycles. The van der Waals surface area contributed by atoms with Gasteiger partial charge >= 0.3 is 0 Å². The summed E-state index contributed by atoms with van der Waals surface area (Å²) in [7, 11) is 4.95. The fourth-order valence-electron chi connectivity index (χ4n) is 3.78. The SMILES string of the molecule is CCOc1cc2c(cc1OCC)[C@@H](c1cc(OC)c(OC)cc1OC)[NH2+]CC2. The normalized spacial score (nSPS) is 15.5. The first-order chi connectivity index (χ1) is 13.7. The van der Waals surface area contributed by atoms with Crippen LogP contribution >= 0.6 is 0 Å². The van der Waals surface area contributed by atoms with E-state index in [-0.39, 0.29) is 6.04 Å². The van der Waals surface area contributed by atoms with Crippen molar-refractivity contribution in [1.82, 2.24) is 0 Å². The van der Waals surface area contributed by atoms with Crippen LogP contribution in [0.4, 0.5) is 0 Å². The number of hydrogen-bond donors (Lipinski definition) is 1. The summed E-state index contributed by atoms with van der Waals surface area (Å²) < 4.78 is 28.3. The minimum atomic E-state index is 0.0772. The molecule has 2 N–H and O–H groups in total. The van der Waals surface area contributed by atoms with E-state index in [0.29, 0.717) is 24.7 Å². The lowest BCUT2D eigenvalue weighted by molar-refractivity contribution is -0.690. The summed E-state index contributed by atoms with van der Waals surface area (Å²) >= 11 is 0. The van der Waals surface area contributed by atoms with E-state index >= 15 is 0 Å². The zero-order valence-corrected chi connectivity index (χ0v) is 17.3. The van der Waals surface area contributed by atoms with E-state index in [1.807, 2.05) is 26.0 Å². The molecule has 0 saturated carbocycles. The van der Waals surface area contributed by atoms with Crippen LogP contribution in [-0.4, -0.2) is 41.1 Å². The Morgan fingerprint density at radius 2 is 1.32 bits per heavy atom. The van der Waals surface area contributed by atoms with Crippen molar-refractivity contribution in [3.05, 3.63) is 41.0 Å². The molecule has 0 aliphatic carbocycles. The zero-order chi connectivity index (χ0) is 20.1. The van der Waals surface area contributed by atoms with Crippen LogP contribution in [0.2, 0.25) is 0 Å². The Labute approximate surface area is 166 Å². The molecule has 2 aromatic rings. The highest BCUT2D eigenvalue weighted by molar-refractivity contribution is 5.56. The third-order valence-corrected chi connectivity index (χ3v) is 5.03. The van der Waals surface area contributed by atoms with Gasteiger partial charge in [-0.3, -0.25) is 0 Å². The van der Waals surface area contributed by atoms with E-state index in [2.05, 4.69) is 17.4 Å². The second-order valence-electron chi connectivity index (χ2n) is 6.56. The Kier molecular flexibility index (Phi) is 6.52. The van der Waals surface area contributed by atoms with Crippen LogP contribution < -0.4 is 29.0 Å². The third kappa shape index (κ3) is 3.83. The van der Waals surface area contributed by atoms with Gasteiger partial charge in [0.1, 0.15) is 11.8 Å². The lowest BCUT2D eigenvalue weighted by atomic mass is 9.88. The van der Waals surface area contributed by atoms with Gasteiger partial charge in [0, 0.05) is 18.1 Å². The van der Waals surface area contributed by atoms with Crippen LogP contribution in [0.5, 0.6) is 28.7 Å². The highest BCUT2D eigenvalue weighted by Gasteiger charge is 2.31. The Balaban J connectivity index is 2.12. The molecule has 3 rings (SSSR count). The minimum absolute atomic E-state index is 0.0772. The molecule has 0 amide bonds. The number of benzene rings is 2. The molecular formula is C22H30NO5+. The van der Waals surface area contributed by atoms with E-state index in [9.17, 15) is 0 Å². The lowest BCUT2D eigenvalue weighted by Gasteiger charge is -2.27. The molecule has 0 fully saturated rings. The molecule has 0 unspecified atom stereocenters. The maximum absolute atomic E-state index is 5.86. The van der Waals surface area contributed by atoms with Gasteiger partial charge in [0.2, 0.25) is 0 Å². The predicted molar refractivity (Wildman–Crippen MR) is 107 cm³/mol. The van der Waals surface area contributed by atoms with E-state index < -0.39 is 0 Å². The molecule has 1 heterocycles. The van der Waals surface area contributed by atoms with E-state index in [0.717, 1.165) is 35.8 Å². The van der Waals surface area contributed by atoms with Crippen LogP contribution in [0.25, 0.3) is 0 Å². The molecule has 0 bridgehead atoms. The van der Waals surface area contributed by atoms with Crippen molar-refractivity contribution in [2.75, 3.05) is 41.1 Å². The fourth-order valence-corrected chi connectivity index (χ4v) is 3.78. The maximum Gasteiger partial charge on any atom is 0.164 e. The zero-order valence-electron chi connectivity index (χ0n) is 17.3. The molecule has 0 saturated heterocycles. The molecule has 0 aromatic heterocycles. The van der Waals surface area contributed by atoms with Crippen molar-refractivity contribution < 1.29 is 29.0 Å². The van der Waals surface area contributed by atoms with Gasteiger partial charge in [-0.2, -0.15) is 0 Å². The average Bonchev–Trinajstić information content (AvgIpc) is 2.73. The van der Waals surface area contributed by atoms with Gasteiger partial charge in [-0.25, -0.2) is 0 Å². The third-order valence-electron chi connectivity index (χ3n) is 5.03. The van der Waals surface area contributed by atoms with Crippen LogP contribution in [-0.2, 0) is 6.42 Å². The number of rotatable bonds is 8. The molecule has 1 aliphatic rings. The Bertz CT molecular complexity index is 821. The minimum Gasteiger partial charge on any atom is -0.496 e. The maximum atomic E-state index is 5.86. The monoisotopic (exact) mass is 388 g/mol. The molecule has 0 spiro atoms. The van der Waals surface area contributed by atoms with Gasteiger partial charge < -0.3 is 29.0 Å². The number of fused-ring (bicyclic) bond motifs is 1. The van der Waals surface area contributed by atoms with Crippen molar-refractivity contribution in [2.24, 2.45) is 0 Å². The largest absolute Gasteiger partial charge is 0.496 e. The van der Waals surface area contributed by atoms with Crippen molar-refractivity contribution in [2.45, 2.75) is 26.3 Å². The van der Waals surface area contributed by atoms with Crippen molar-refractivity contribution in [3.63, 3.8) is 0 Å². The fraction of sp³-hybridized carbons (Fsp3) is 0.455. The van der Waals surface area contributed by atoms with E-state index in [1.165, 1.54) is 11.1 Å². The second-order valence-corrected chi connectivity index (χ2v) is 6.56. The first kappa shape index (κ1) is 20.1. The van der Waals surface area contributed by atoms with Gasteiger partial charge in [-0.15, -0.1) is 0 Å². The molecule has 6 heteroatoms. The number of methoxy groups -OCH3 is 3. The number of hydrogen-bond acceptors (Lipinski definition) is 5. The predicted octanol–water partition coefficient (Wildman–Crippen LogP) is 2.72. The Morgan fingerprint density at radius 1 is 0.750 bits per heavy atom. The van der Waals surface area contributed by atoms with Gasteiger partial charge in [0.15, 0.2) is 23.0 Å². The van der Waals surface area contributed by atoms with Gasteiger partial charge in [-0.05, 0) is 37.6 Å². The molecule has 6 nitrogen and oxygen atoms in total. The highest BCUT2D eigenvalue weighted by atomic mass is 16.5. The summed E-state index contributed by atoms with van der Waals surface area (Å²) in [6.07, 6.45) is 0.980. The van der Waals surface area contributed by atoms with Crippen LogP contribution in [0.3, 0.4) is 0 Å². The van der Waals surface area contributed by atoms with E-state index in [4.69, 9.17) is 23.7 Å². The Hall–Kier alpha value is -2.60. The van der Waals surface area contributed by atoms with E-state index in [1.54, 1.807) is 21.3 Å². The van der Waals surface area contributed by atoms with Crippen molar-refractivity contribution in [1.29, 1.82) is 0 Å². The summed E-state index contributed by atoms with van der Waals surface area (Å²) in [6, 6.07) is 8.20. The lowest BCUT2D eigenvalue weighted by Crippen LogP contribution is -2.87. The van der Waals surface area contributed by atoms with Gasteiger partial charge in [0.25, 0.3) is 0 Å². The average molecular weight is 388 g/mol. The molecule has 152 valence electrons. The summed E-state index contributed by atoms with van der Waals surface area (Å²) in [5.74, 6) is 3.71. The van der Waals surface area contributed by atoms with Crippen molar-refractivity contribution >= 4 is 0 Å². The smallest absolute Gasteiger partial charge is 0.164 e. The first-order valence-electron chi connectivity index (χ1n) is 9.72. The van der Waals surface area contributed by atoms with Crippen LogP contribution in [0, 0.1) is 0 Å². The number of quaternary nitrogens is 1. The van der Waals surface area contributed by atoms with Crippen LogP contribution in [0.15, 0.2) is 24.3 Å². The topological polar surface area (TPSA) is 62.8 Å². The van der Waals surface area contributed by atoms with Gasteiger partial charge in [0.05, 0.1) is 46.7 Å². The molecule has 1 atom stereocenters. The standard InChI is InChI=1S/C22H29NO5/c1-6-27-20-10-14-8-9-23-22(15(14)11-21(20)28-7-2)16-12-18(25-4)19(26-5)13-17(16)24-3/h10-13,22-23H,6-9H2,1-5H3/p+1/t22-/m0/s1. The second kappa shape index (κ2) is 9.06. The quantitative estimate of drug-likeness (QED) is 0.753. The van der Waals surface area contributed by atoms with Crippen LogP contribution in [0.1, 0.15) is 36.6 Å². The molecule has 28 heavy (non-hydrogen) atoms. The van der Waals surface area contributed by atoms with Crippen molar-refractivity contribution in [3.8, 4) is 28.7 Å². The Morgan fingerprint density at radius 3 is 1.93 bits per heavy atom. The number of nitrogens with two attached hydrogens (primary N) is 1. The first-order valence-corrected chi connectivity index (χ1v) is 9.72.